The van der Waals surface area contributed by atoms with Gasteiger partial charge in [-0.25, -0.2) is 0 Å². The van der Waals surface area contributed by atoms with Gasteiger partial charge in [-0.1, -0.05) is 23.7 Å². The third-order valence-electron chi connectivity index (χ3n) is 4.13. The van der Waals surface area contributed by atoms with Gasteiger partial charge in [0, 0.05) is 18.8 Å². The van der Waals surface area contributed by atoms with Crippen LogP contribution in [0.15, 0.2) is 57.7 Å². The normalized spacial score (nSPS) is 11.4. The molecular formula is C20H14ClF3N2O4. The molecule has 0 aliphatic carbocycles. The maximum atomic E-state index is 12.9. The molecule has 30 heavy (non-hydrogen) atoms. The first-order valence-corrected chi connectivity index (χ1v) is 8.89. The summed E-state index contributed by atoms with van der Waals surface area (Å²) in [5.74, 6) is -1.75. The van der Waals surface area contributed by atoms with Crippen LogP contribution in [0.25, 0.3) is 11.0 Å². The van der Waals surface area contributed by atoms with Crippen molar-refractivity contribution in [1.82, 2.24) is 4.90 Å². The summed E-state index contributed by atoms with van der Waals surface area (Å²) in [7, 11) is 1.29. The molecule has 0 radical (unpaired) electrons. The molecule has 1 heterocycles. The zero-order chi connectivity index (χ0) is 22.1. The van der Waals surface area contributed by atoms with Crippen LogP contribution in [0, 0.1) is 0 Å². The number of amides is 2. The Balaban J connectivity index is 1.73. The lowest BCUT2D eigenvalue weighted by Gasteiger charge is -2.17. The number of likely N-dealkylation sites (N-methyl/N-ethyl adjacent to an activating group) is 1. The number of rotatable bonds is 4. The average Bonchev–Trinajstić information content (AvgIpc) is 2.67. The number of halogens is 4. The second-order valence-corrected chi connectivity index (χ2v) is 6.78. The largest absolute Gasteiger partial charge is 0.451 e. The molecule has 6 nitrogen and oxygen atoms in total. The molecule has 156 valence electrons. The lowest BCUT2D eigenvalue weighted by molar-refractivity contribution is -0.137. The van der Waals surface area contributed by atoms with Crippen molar-refractivity contribution < 1.29 is 27.2 Å². The summed E-state index contributed by atoms with van der Waals surface area (Å²) >= 11 is 5.54. The van der Waals surface area contributed by atoms with E-state index < -0.39 is 40.6 Å². The van der Waals surface area contributed by atoms with E-state index in [9.17, 15) is 27.6 Å². The highest BCUT2D eigenvalue weighted by Crippen LogP contribution is 2.36. The Morgan fingerprint density at radius 3 is 2.53 bits per heavy atom. The van der Waals surface area contributed by atoms with Crippen LogP contribution in [0.3, 0.4) is 0 Å². The van der Waals surface area contributed by atoms with Gasteiger partial charge < -0.3 is 14.6 Å². The number of fused-ring (bicyclic) bond motifs is 1. The summed E-state index contributed by atoms with van der Waals surface area (Å²) in [6, 6.07) is 10.3. The van der Waals surface area contributed by atoms with Gasteiger partial charge in [0.15, 0.2) is 11.2 Å². The Kier molecular flexibility index (Phi) is 5.84. The third-order valence-corrected chi connectivity index (χ3v) is 4.46. The highest BCUT2D eigenvalue weighted by molar-refractivity contribution is 6.31. The van der Waals surface area contributed by atoms with Crippen LogP contribution in [0.5, 0.6) is 0 Å². The van der Waals surface area contributed by atoms with E-state index in [1.54, 1.807) is 18.2 Å². The minimum absolute atomic E-state index is 0.130. The number of para-hydroxylation sites is 1. The van der Waals surface area contributed by atoms with E-state index in [1.807, 2.05) is 0 Å². The number of benzene rings is 2. The van der Waals surface area contributed by atoms with Crippen molar-refractivity contribution >= 4 is 40.1 Å². The van der Waals surface area contributed by atoms with Gasteiger partial charge in [0.05, 0.1) is 22.5 Å². The first-order valence-electron chi connectivity index (χ1n) is 8.51. The smallest absolute Gasteiger partial charge is 0.417 e. The minimum atomic E-state index is -4.68. The summed E-state index contributed by atoms with van der Waals surface area (Å²) in [6.07, 6.45) is -4.68. The molecule has 3 aromatic rings. The number of carbonyl (C=O) groups is 2. The molecule has 0 aliphatic heterocycles. The van der Waals surface area contributed by atoms with Crippen LogP contribution in [-0.4, -0.2) is 30.3 Å². The Hall–Kier alpha value is -3.33. The van der Waals surface area contributed by atoms with Crippen LogP contribution in [0.2, 0.25) is 5.02 Å². The van der Waals surface area contributed by atoms with Crippen LogP contribution in [0.1, 0.15) is 16.1 Å². The molecule has 3 rings (SSSR count). The van der Waals surface area contributed by atoms with E-state index >= 15 is 0 Å². The van der Waals surface area contributed by atoms with Crippen molar-refractivity contribution in [3.8, 4) is 0 Å². The molecule has 0 aliphatic rings. The fraction of sp³-hybridized carbons (Fsp3) is 0.150. The van der Waals surface area contributed by atoms with Gasteiger partial charge in [-0.2, -0.15) is 13.2 Å². The van der Waals surface area contributed by atoms with E-state index in [0.29, 0.717) is 11.5 Å². The predicted molar refractivity (Wildman–Crippen MR) is 105 cm³/mol. The fourth-order valence-electron chi connectivity index (χ4n) is 2.71. The second kappa shape index (κ2) is 8.19. The van der Waals surface area contributed by atoms with Crippen molar-refractivity contribution in [3.63, 3.8) is 0 Å². The topological polar surface area (TPSA) is 79.6 Å². The van der Waals surface area contributed by atoms with Gasteiger partial charge in [0.2, 0.25) is 5.91 Å². The molecule has 2 amide bonds. The quantitative estimate of drug-likeness (QED) is 0.663. The van der Waals surface area contributed by atoms with Crippen LogP contribution in [0.4, 0.5) is 18.9 Å². The van der Waals surface area contributed by atoms with Crippen molar-refractivity contribution in [1.29, 1.82) is 0 Å². The predicted octanol–water partition coefficient (Wildman–Crippen LogP) is 4.18. The number of alkyl halides is 3. The fourth-order valence-corrected chi connectivity index (χ4v) is 2.93. The van der Waals surface area contributed by atoms with Crippen molar-refractivity contribution in [2.75, 3.05) is 18.9 Å². The van der Waals surface area contributed by atoms with Crippen molar-refractivity contribution in [3.05, 3.63) is 75.1 Å². The van der Waals surface area contributed by atoms with Gasteiger partial charge in [-0.15, -0.1) is 0 Å². The SMILES string of the molecule is CN(CC(=O)Nc1ccc(Cl)c(C(F)(F)F)c1)C(=O)c1cc(=O)c2ccccc2o1. The van der Waals surface area contributed by atoms with Crippen molar-refractivity contribution in [2.45, 2.75) is 6.18 Å². The molecule has 0 saturated carbocycles. The number of hydrogen-bond donors (Lipinski definition) is 1. The maximum absolute atomic E-state index is 12.9. The number of carbonyl (C=O) groups excluding carboxylic acids is 2. The standard InChI is InChI=1S/C20H14ClF3N2O4/c1-26(19(29)17-9-15(27)12-4-2-3-5-16(12)30-17)10-18(28)25-11-6-7-14(21)13(8-11)20(22,23)24/h2-9H,10H2,1H3,(H,25,28). The summed E-state index contributed by atoms with van der Waals surface area (Å²) < 4.78 is 44.2. The van der Waals surface area contributed by atoms with Crippen molar-refractivity contribution in [2.24, 2.45) is 0 Å². The average molecular weight is 439 g/mol. The lowest BCUT2D eigenvalue weighted by atomic mass is 10.2. The Bertz CT molecular complexity index is 1190. The van der Waals surface area contributed by atoms with Crippen LogP contribution >= 0.6 is 11.6 Å². The van der Waals surface area contributed by atoms with Gasteiger partial charge in [-0.05, 0) is 30.3 Å². The minimum Gasteiger partial charge on any atom is -0.451 e. The molecule has 10 heteroatoms. The zero-order valence-electron chi connectivity index (χ0n) is 15.4. The summed E-state index contributed by atoms with van der Waals surface area (Å²) in [5, 5.41) is 2.08. The van der Waals surface area contributed by atoms with E-state index in [0.717, 1.165) is 17.0 Å². The summed E-state index contributed by atoms with van der Waals surface area (Å²) in [4.78, 5) is 37.8. The highest BCUT2D eigenvalue weighted by Gasteiger charge is 2.33. The molecule has 1 aromatic heterocycles. The Labute approximate surface area is 172 Å². The number of anilines is 1. The molecule has 0 fully saturated rings. The molecule has 0 saturated heterocycles. The molecule has 0 atom stereocenters. The van der Waals surface area contributed by atoms with E-state index in [1.165, 1.54) is 19.2 Å². The number of nitrogens with one attached hydrogen (secondary N) is 1. The van der Waals surface area contributed by atoms with E-state index in [4.69, 9.17) is 16.0 Å². The Morgan fingerprint density at radius 1 is 1.13 bits per heavy atom. The van der Waals surface area contributed by atoms with Crippen LogP contribution < -0.4 is 10.7 Å². The highest BCUT2D eigenvalue weighted by atomic mass is 35.5. The third kappa shape index (κ3) is 4.62. The molecular weight excluding hydrogens is 425 g/mol. The summed E-state index contributed by atoms with van der Waals surface area (Å²) in [6.45, 7) is -0.487. The first kappa shape index (κ1) is 21.4. The molecule has 1 N–H and O–H groups in total. The lowest BCUT2D eigenvalue weighted by Crippen LogP contribution is -2.35. The number of hydrogen-bond acceptors (Lipinski definition) is 4. The second-order valence-electron chi connectivity index (χ2n) is 6.37. The maximum Gasteiger partial charge on any atom is 0.417 e. The van der Waals surface area contributed by atoms with Crippen LogP contribution in [-0.2, 0) is 11.0 Å². The Morgan fingerprint density at radius 2 is 1.83 bits per heavy atom. The zero-order valence-corrected chi connectivity index (χ0v) is 16.2. The number of nitrogens with zero attached hydrogens (tertiary/aromatic N) is 1. The van der Waals surface area contributed by atoms with Gasteiger partial charge in [-0.3, -0.25) is 14.4 Å². The summed E-state index contributed by atoms with van der Waals surface area (Å²) in [5.41, 5.74) is -1.43. The molecule has 0 spiro atoms. The van der Waals surface area contributed by atoms with Gasteiger partial charge in [0.25, 0.3) is 5.91 Å². The van der Waals surface area contributed by atoms with E-state index in [2.05, 4.69) is 5.32 Å². The molecule has 0 bridgehead atoms. The molecule has 2 aromatic carbocycles. The van der Waals surface area contributed by atoms with Gasteiger partial charge in [0.1, 0.15) is 5.58 Å². The monoisotopic (exact) mass is 438 g/mol. The molecule has 0 unspecified atom stereocenters. The van der Waals surface area contributed by atoms with E-state index in [-0.39, 0.29) is 17.0 Å². The van der Waals surface area contributed by atoms with Gasteiger partial charge >= 0.3 is 6.18 Å². The first-order chi connectivity index (χ1) is 14.1.